The number of nitrogens with zero attached hydrogens (tertiary/aromatic N) is 6. The molecule has 0 radical (unpaired) electrons. The van der Waals surface area contributed by atoms with Gasteiger partial charge in [-0.1, -0.05) is 30.3 Å². The molecule has 0 spiro atoms. The molecule has 1 aromatic carbocycles. The van der Waals surface area contributed by atoms with Crippen LogP contribution in [0.3, 0.4) is 0 Å². The van der Waals surface area contributed by atoms with Crippen molar-refractivity contribution in [2.75, 3.05) is 36.0 Å². The molecule has 0 unspecified atom stereocenters. The minimum absolute atomic E-state index is 0.791. The Bertz CT molecular complexity index is 1090. The summed E-state index contributed by atoms with van der Waals surface area (Å²) < 4.78 is 0. The van der Waals surface area contributed by atoms with Crippen LogP contribution in [-0.4, -0.2) is 46.1 Å². The summed E-state index contributed by atoms with van der Waals surface area (Å²) in [6.07, 6.45) is 3.59. The maximum Gasteiger partial charge on any atom is 0.225 e. The molecule has 0 atom stereocenters. The van der Waals surface area contributed by atoms with E-state index in [1.165, 1.54) is 4.88 Å². The third kappa shape index (κ3) is 3.18. The first kappa shape index (κ1) is 17.1. The number of hydrogen-bond donors (Lipinski definition) is 0. The van der Waals surface area contributed by atoms with Gasteiger partial charge >= 0.3 is 0 Å². The van der Waals surface area contributed by atoms with Crippen molar-refractivity contribution in [1.29, 1.82) is 0 Å². The first-order chi connectivity index (χ1) is 13.8. The molecule has 1 fully saturated rings. The summed E-state index contributed by atoms with van der Waals surface area (Å²) in [7, 11) is 0. The Labute approximate surface area is 167 Å². The molecule has 1 aliphatic heterocycles. The van der Waals surface area contributed by atoms with E-state index >= 15 is 0 Å². The number of hydrogen-bond acceptors (Lipinski definition) is 7. The lowest BCUT2D eigenvalue weighted by atomic mass is 10.2. The molecule has 1 aliphatic rings. The first-order valence-electron chi connectivity index (χ1n) is 9.38. The van der Waals surface area contributed by atoms with Gasteiger partial charge in [0.2, 0.25) is 5.95 Å². The standard InChI is InChI=1S/C21H20N6S/c1-15-14-17-19(24-18(25-20(17)28-15)16-6-3-2-4-7-16)26-10-12-27(13-11-26)21-22-8-5-9-23-21/h2-9,14H,10-13H2,1H3. The summed E-state index contributed by atoms with van der Waals surface area (Å²) in [5.41, 5.74) is 1.05. The number of fused-ring (bicyclic) bond motifs is 1. The Morgan fingerprint density at radius 2 is 1.57 bits per heavy atom. The summed E-state index contributed by atoms with van der Waals surface area (Å²) in [4.78, 5) is 25.5. The van der Waals surface area contributed by atoms with Gasteiger partial charge in [-0.3, -0.25) is 0 Å². The second kappa shape index (κ2) is 7.16. The lowest BCUT2D eigenvalue weighted by molar-refractivity contribution is 0.636. The highest BCUT2D eigenvalue weighted by atomic mass is 32.1. The molecule has 4 heterocycles. The van der Waals surface area contributed by atoms with Crippen LogP contribution >= 0.6 is 11.3 Å². The van der Waals surface area contributed by atoms with Crippen molar-refractivity contribution in [2.24, 2.45) is 0 Å². The van der Waals surface area contributed by atoms with Crippen molar-refractivity contribution in [3.8, 4) is 11.4 Å². The number of anilines is 2. The molecule has 6 nitrogen and oxygen atoms in total. The molecule has 1 saturated heterocycles. The Hall–Kier alpha value is -3.06. The summed E-state index contributed by atoms with van der Waals surface area (Å²) in [6, 6.07) is 14.3. The van der Waals surface area contributed by atoms with Crippen LogP contribution in [0.15, 0.2) is 54.9 Å². The molecule has 28 heavy (non-hydrogen) atoms. The van der Waals surface area contributed by atoms with Crippen LogP contribution in [0.4, 0.5) is 11.8 Å². The molecule has 0 amide bonds. The lowest BCUT2D eigenvalue weighted by Crippen LogP contribution is -2.47. The highest BCUT2D eigenvalue weighted by Crippen LogP contribution is 2.33. The minimum atomic E-state index is 0.791. The van der Waals surface area contributed by atoms with Crippen LogP contribution in [0.25, 0.3) is 21.6 Å². The smallest absolute Gasteiger partial charge is 0.225 e. The highest BCUT2D eigenvalue weighted by Gasteiger charge is 2.23. The molecule has 140 valence electrons. The topological polar surface area (TPSA) is 58.0 Å². The molecular formula is C21H20N6S. The zero-order valence-corrected chi connectivity index (χ0v) is 16.4. The van der Waals surface area contributed by atoms with Gasteiger partial charge in [0, 0.05) is 49.0 Å². The van der Waals surface area contributed by atoms with E-state index < -0.39 is 0 Å². The zero-order chi connectivity index (χ0) is 18.9. The highest BCUT2D eigenvalue weighted by molar-refractivity contribution is 7.18. The number of piperazine rings is 1. The quantitative estimate of drug-likeness (QED) is 0.532. The molecule has 4 aromatic rings. The van der Waals surface area contributed by atoms with Crippen molar-refractivity contribution in [1.82, 2.24) is 19.9 Å². The van der Waals surface area contributed by atoms with E-state index in [1.54, 1.807) is 23.7 Å². The Kier molecular flexibility index (Phi) is 4.37. The number of thiophene rings is 1. The van der Waals surface area contributed by atoms with Gasteiger partial charge < -0.3 is 9.80 Å². The van der Waals surface area contributed by atoms with E-state index in [0.29, 0.717) is 0 Å². The number of benzene rings is 1. The summed E-state index contributed by atoms with van der Waals surface area (Å²) in [5, 5.41) is 1.14. The third-order valence-electron chi connectivity index (χ3n) is 4.94. The molecule has 5 rings (SSSR count). The van der Waals surface area contributed by atoms with Gasteiger partial charge in [0.25, 0.3) is 0 Å². The van der Waals surface area contributed by atoms with Crippen LogP contribution < -0.4 is 9.80 Å². The number of aromatic nitrogens is 4. The van der Waals surface area contributed by atoms with Gasteiger partial charge in [-0.15, -0.1) is 11.3 Å². The third-order valence-corrected chi connectivity index (χ3v) is 5.89. The van der Waals surface area contributed by atoms with Crippen molar-refractivity contribution < 1.29 is 0 Å². The predicted octanol–water partition coefficient (Wildman–Crippen LogP) is 3.78. The van der Waals surface area contributed by atoms with Gasteiger partial charge in [-0.2, -0.15) is 0 Å². The van der Waals surface area contributed by atoms with E-state index in [0.717, 1.165) is 59.5 Å². The summed E-state index contributed by atoms with van der Waals surface area (Å²) in [6.45, 7) is 5.64. The molecule has 0 N–H and O–H groups in total. The maximum absolute atomic E-state index is 4.98. The van der Waals surface area contributed by atoms with Crippen LogP contribution in [0.2, 0.25) is 0 Å². The van der Waals surface area contributed by atoms with E-state index in [2.05, 4.69) is 44.9 Å². The van der Waals surface area contributed by atoms with Gasteiger partial charge in [0.05, 0.1) is 5.39 Å². The van der Waals surface area contributed by atoms with Gasteiger partial charge in [0.1, 0.15) is 10.6 Å². The first-order valence-corrected chi connectivity index (χ1v) is 10.2. The average molecular weight is 389 g/mol. The largest absolute Gasteiger partial charge is 0.352 e. The Balaban J connectivity index is 1.48. The van der Waals surface area contributed by atoms with Crippen LogP contribution in [0.5, 0.6) is 0 Å². The number of rotatable bonds is 3. The van der Waals surface area contributed by atoms with E-state index in [-0.39, 0.29) is 0 Å². The fourth-order valence-corrected chi connectivity index (χ4v) is 4.43. The Morgan fingerprint density at radius 1 is 0.857 bits per heavy atom. The van der Waals surface area contributed by atoms with Crippen molar-refractivity contribution >= 4 is 33.3 Å². The van der Waals surface area contributed by atoms with Gasteiger partial charge in [-0.05, 0) is 19.1 Å². The SMILES string of the molecule is Cc1cc2c(N3CCN(c4ncccn4)CC3)nc(-c3ccccc3)nc2s1. The van der Waals surface area contributed by atoms with Crippen molar-refractivity contribution in [3.05, 3.63) is 59.7 Å². The van der Waals surface area contributed by atoms with E-state index in [4.69, 9.17) is 9.97 Å². The molecule has 7 heteroatoms. The lowest BCUT2D eigenvalue weighted by Gasteiger charge is -2.35. The second-order valence-electron chi connectivity index (χ2n) is 6.84. The van der Waals surface area contributed by atoms with E-state index in [9.17, 15) is 0 Å². The van der Waals surface area contributed by atoms with Crippen LogP contribution in [0.1, 0.15) is 4.88 Å². The normalized spacial score (nSPS) is 14.6. The van der Waals surface area contributed by atoms with E-state index in [1.807, 2.05) is 24.3 Å². The number of aryl methyl sites for hydroxylation is 1. The fraction of sp³-hybridized carbons (Fsp3) is 0.238. The summed E-state index contributed by atoms with van der Waals surface area (Å²) >= 11 is 1.73. The Morgan fingerprint density at radius 3 is 2.32 bits per heavy atom. The van der Waals surface area contributed by atoms with Crippen LogP contribution in [-0.2, 0) is 0 Å². The van der Waals surface area contributed by atoms with Crippen molar-refractivity contribution in [3.63, 3.8) is 0 Å². The second-order valence-corrected chi connectivity index (χ2v) is 8.07. The molecule has 3 aromatic heterocycles. The molecule has 0 saturated carbocycles. The molecule has 0 bridgehead atoms. The van der Waals surface area contributed by atoms with Gasteiger partial charge in [0.15, 0.2) is 5.82 Å². The van der Waals surface area contributed by atoms with Crippen LogP contribution in [0, 0.1) is 6.92 Å². The fourth-order valence-electron chi connectivity index (χ4n) is 3.56. The van der Waals surface area contributed by atoms with Crippen molar-refractivity contribution in [2.45, 2.75) is 6.92 Å². The molecule has 0 aliphatic carbocycles. The predicted molar refractivity (Wildman–Crippen MR) is 114 cm³/mol. The van der Waals surface area contributed by atoms with Gasteiger partial charge in [-0.25, -0.2) is 19.9 Å². The monoisotopic (exact) mass is 388 g/mol. The zero-order valence-electron chi connectivity index (χ0n) is 15.6. The maximum atomic E-state index is 4.98. The molecular weight excluding hydrogens is 368 g/mol. The summed E-state index contributed by atoms with van der Waals surface area (Å²) in [5.74, 6) is 2.62. The average Bonchev–Trinajstić information content (AvgIpc) is 3.14. The minimum Gasteiger partial charge on any atom is -0.352 e.